The van der Waals surface area contributed by atoms with Crippen LogP contribution >= 0.6 is 11.8 Å². The Labute approximate surface area is 129 Å². The largest absolute Gasteiger partial charge is 1.00 e. The van der Waals surface area contributed by atoms with Crippen molar-refractivity contribution in [1.82, 2.24) is 4.90 Å². The van der Waals surface area contributed by atoms with E-state index in [0.717, 1.165) is 0 Å². The van der Waals surface area contributed by atoms with E-state index in [1.54, 1.807) is 0 Å². The maximum atomic E-state index is 11.2. The summed E-state index contributed by atoms with van der Waals surface area (Å²) in [5, 5.41) is 19.2. The molecule has 0 aromatic heterocycles. The van der Waals surface area contributed by atoms with Gasteiger partial charge in [0.25, 0.3) is 0 Å². The van der Waals surface area contributed by atoms with Gasteiger partial charge in [0.15, 0.2) is 0 Å². The second kappa shape index (κ2) is 5.92. The van der Waals surface area contributed by atoms with Crippen molar-refractivity contribution in [3.63, 3.8) is 0 Å². The van der Waals surface area contributed by atoms with E-state index in [0.29, 0.717) is 11.3 Å². The SMILES string of the molecule is O=C(O)C/C=C/C1=C(C(=O)[O-])N2C(=O)C[C@H]2S1.[Na+]. The van der Waals surface area contributed by atoms with Gasteiger partial charge in [-0.05, 0) is 6.08 Å². The molecule has 0 unspecified atom stereocenters. The molecule has 1 N–H and O–H groups in total. The average Bonchev–Trinajstić information content (AvgIpc) is 2.50. The molecule has 0 bridgehead atoms. The topological polar surface area (TPSA) is 97.7 Å². The molecule has 6 nitrogen and oxygen atoms in total. The van der Waals surface area contributed by atoms with E-state index in [1.165, 1.54) is 28.8 Å². The molecule has 1 saturated heterocycles. The molecule has 8 heteroatoms. The van der Waals surface area contributed by atoms with Gasteiger partial charge in [-0.2, -0.15) is 0 Å². The Hall–Kier alpha value is -0.760. The Bertz CT molecular complexity index is 473. The molecule has 18 heavy (non-hydrogen) atoms. The van der Waals surface area contributed by atoms with Crippen LogP contribution in [0.1, 0.15) is 12.8 Å². The van der Waals surface area contributed by atoms with Crippen molar-refractivity contribution in [1.29, 1.82) is 0 Å². The molecule has 1 amide bonds. The normalized spacial score (nSPS) is 21.7. The molecule has 0 spiro atoms. The van der Waals surface area contributed by atoms with Crippen molar-refractivity contribution in [2.24, 2.45) is 0 Å². The molecule has 2 heterocycles. The van der Waals surface area contributed by atoms with Gasteiger partial charge in [0.2, 0.25) is 5.91 Å². The minimum absolute atomic E-state index is 0. The first-order chi connectivity index (χ1) is 8.00. The van der Waals surface area contributed by atoms with Crippen LogP contribution in [0.3, 0.4) is 0 Å². The Morgan fingerprint density at radius 3 is 2.72 bits per heavy atom. The van der Waals surface area contributed by atoms with E-state index >= 15 is 0 Å². The molecule has 0 saturated carbocycles. The van der Waals surface area contributed by atoms with Crippen molar-refractivity contribution in [2.75, 3.05) is 0 Å². The van der Waals surface area contributed by atoms with Crippen LogP contribution in [0.15, 0.2) is 22.8 Å². The van der Waals surface area contributed by atoms with E-state index in [-0.39, 0.29) is 53.0 Å². The van der Waals surface area contributed by atoms with Crippen LogP contribution in [0.5, 0.6) is 0 Å². The number of amides is 1. The molecule has 0 radical (unpaired) electrons. The van der Waals surface area contributed by atoms with Crippen molar-refractivity contribution in [2.45, 2.75) is 18.2 Å². The zero-order valence-electron chi connectivity index (χ0n) is 9.58. The molecule has 1 fully saturated rings. The summed E-state index contributed by atoms with van der Waals surface area (Å²) in [5.74, 6) is -2.66. The van der Waals surface area contributed by atoms with Crippen molar-refractivity contribution >= 4 is 29.6 Å². The molecular formula is C10H8NNaO5S. The standard InChI is InChI=1S/C10H9NO5S.Na/c12-6-4-7-11(6)9(10(15)16)5(17-7)2-1-3-8(13)14;/h1-2,7H,3-4H2,(H,13,14)(H,15,16);/q;+1/p-1/b2-1+;/t7-;/m1./s1. The number of aliphatic carboxylic acids is 2. The maximum absolute atomic E-state index is 11.2. The molecule has 0 aliphatic carbocycles. The summed E-state index contributed by atoms with van der Waals surface area (Å²) in [6.45, 7) is 0. The minimum Gasteiger partial charge on any atom is -0.543 e. The predicted molar refractivity (Wildman–Crippen MR) is 56.3 cm³/mol. The second-order valence-electron chi connectivity index (χ2n) is 3.54. The number of fused-ring (bicyclic) bond motifs is 1. The Kier molecular flexibility index (Phi) is 5.03. The third-order valence-electron chi connectivity index (χ3n) is 2.40. The molecule has 2 aliphatic heterocycles. The van der Waals surface area contributed by atoms with Crippen molar-refractivity contribution in [3.8, 4) is 0 Å². The molecular weight excluding hydrogens is 269 g/mol. The third kappa shape index (κ3) is 2.80. The summed E-state index contributed by atoms with van der Waals surface area (Å²) >= 11 is 1.24. The summed E-state index contributed by atoms with van der Waals surface area (Å²) in [4.78, 5) is 34.0. The van der Waals surface area contributed by atoms with Gasteiger partial charge < -0.3 is 15.0 Å². The third-order valence-corrected chi connectivity index (χ3v) is 3.63. The van der Waals surface area contributed by atoms with Gasteiger partial charge in [0.1, 0.15) is 0 Å². The number of allylic oxidation sites excluding steroid dienone is 1. The van der Waals surface area contributed by atoms with Gasteiger partial charge in [0.05, 0.1) is 29.9 Å². The number of carbonyl (C=O) groups excluding carboxylic acids is 2. The fourth-order valence-electron chi connectivity index (χ4n) is 1.66. The number of carboxylic acid groups (broad SMARTS) is 2. The van der Waals surface area contributed by atoms with Gasteiger partial charge in [-0.1, -0.05) is 17.8 Å². The van der Waals surface area contributed by atoms with E-state index in [2.05, 4.69) is 0 Å². The first-order valence-corrected chi connectivity index (χ1v) is 5.71. The summed E-state index contributed by atoms with van der Waals surface area (Å²) in [6.07, 6.45) is 2.88. The van der Waals surface area contributed by atoms with Crippen molar-refractivity contribution in [3.05, 3.63) is 22.8 Å². The number of nitrogens with zero attached hydrogens (tertiary/aromatic N) is 1. The van der Waals surface area contributed by atoms with E-state index in [1.807, 2.05) is 0 Å². The number of carbonyl (C=O) groups is 3. The molecule has 2 aliphatic rings. The van der Waals surface area contributed by atoms with Gasteiger partial charge in [-0.25, -0.2) is 0 Å². The average molecular weight is 277 g/mol. The van der Waals surface area contributed by atoms with Gasteiger partial charge >= 0.3 is 35.5 Å². The summed E-state index contributed by atoms with van der Waals surface area (Å²) in [6, 6.07) is 0. The first kappa shape index (κ1) is 15.3. The fourth-order valence-corrected chi connectivity index (χ4v) is 2.97. The number of thioether (sulfide) groups is 1. The Balaban J connectivity index is 0.00000162. The number of carboxylic acids is 2. The first-order valence-electron chi connectivity index (χ1n) is 4.83. The second-order valence-corrected chi connectivity index (χ2v) is 4.76. The minimum atomic E-state index is -1.41. The molecule has 0 aromatic carbocycles. The van der Waals surface area contributed by atoms with Crippen LogP contribution in [0.4, 0.5) is 0 Å². The van der Waals surface area contributed by atoms with Crippen LogP contribution in [0.2, 0.25) is 0 Å². The number of hydrogen-bond acceptors (Lipinski definition) is 5. The Morgan fingerprint density at radius 1 is 1.56 bits per heavy atom. The van der Waals surface area contributed by atoms with E-state index in [4.69, 9.17) is 5.11 Å². The van der Waals surface area contributed by atoms with Crippen LogP contribution in [0, 0.1) is 0 Å². The predicted octanol–water partition coefficient (Wildman–Crippen LogP) is -3.71. The summed E-state index contributed by atoms with van der Waals surface area (Å²) in [5.41, 5.74) is -0.155. The zero-order valence-corrected chi connectivity index (χ0v) is 12.4. The molecule has 1 atom stereocenters. The summed E-state index contributed by atoms with van der Waals surface area (Å²) in [7, 11) is 0. The summed E-state index contributed by atoms with van der Waals surface area (Å²) < 4.78 is 0. The van der Waals surface area contributed by atoms with Crippen LogP contribution < -0.4 is 34.7 Å². The van der Waals surface area contributed by atoms with E-state index < -0.39 is 11.9 Å². The smallest absolute Gasteiger partial charge is 0.543 e. The van der Waals surface area contributed by atoms with Crippen LogP contribution in [0.25, 0.3) is 0 Å². The fraction of sp³-hybridized carbons (Fsp3) is 0.300. The van der Waals surface area contributed by atoms with Gasteiger partial charge in [-0.3, -0.25) is 14.5 Å². The van der Waals surface area contributed by atoms with Crippen molar-refractivity contribution < 1.29 is 54.2 Å². The molecule has 2 rings (SSSR count). The monoisotopic (exact) mass is 277 g/mol. The number of β-lactam (4-membered cyclic amide) rings is 1. The van der Waals surface area contributed by atoms with E-state index in [9.17, 15) is 19.5 Å². The number of hydrogen-bond donors (Lipinski definition) is 1. The molecule has 90 valence electrons. The van der Waals surface area contributed by atoms with Gasteiger partial charge in [0, 0.05) is 4.91 Å². The van der Waals surface area contributed by atoms with Crippen LogP contribution in [-0.2, 0) is 14.4 Å². The Morgan fingerprint density at radius 2 is 2.22 bits per heavy atom. The van der Waals surface area contributed by atoms with Gasteiger partial charge in [-0.15, -0.1) is 0 Å². The molecule has 0 aromatic rings. The quantitative estimate of drug-likeness (QED) is 0.419. The maximum Gasteiger partial charge on any atom is 1.00 e. The zero-order chi connectivity index (χ0) is 12.6. The van der Waals surface area contributed by atoms with Crippen LogP contribution in [-0.4, -0.2) is 33.2 Å². The number of rotatable bonds is 4.